The molecule has 5 nitrogen and oxygen atoms in total. The van der Waals surface area contributed by atoms with Crippen molar-refractivity contribution < 1.29 is 13.9 Å². The van der Waals surface area contributed by atoms with E-state index in [0.29, 0.717) is 18.1 Å². The summed E-state index contributed by atoms with van der Waals surface area (Å²) in [6, 6.07) is 3.58. The third-order valence-corrected chi connectivity index (χ3v) is 3.58. The van der Waals surface area contributed by atoms with Crippen LogP contribution < -0.4 is 5.73 Å². The van der Waals surface area contributed by atoms with Crippen molar-refractivity contribution in [2.24, 2.45) is 5.73 Å². The van der Waals surface area contributed by atoms with Crippen molar-refractivity contribution in [3.8, 4) is 0 Å². The lowest BCUT2D eigenvalue weighted by molar-refractivity contribution is 0.0545. The van der Waals surface area contributed by atoms with Crippen LogP contribution in [0.25, 0.3) is 0 Å². The van der Waals surface area contributed by atoms with Gasteiger partial charge in [0.25, 0.3) is 5.91 Å². The predicted molar refractivity (Wildman–Crippen MR) is 79.0 cm³/mol. The van der Waals surface area contributed by atoms with Gasteiger partial charge in [-0.15, -0.1) is 12.4 Å². The van der Waals surface area contributed by atoms with E-state index in [1.165, 1.54) is 0 Å². The molecule has 1 aliphatic heterocycles. The van der Waals surface area contributed by atoms with Gasteiger partial charge in [-0.05, 0) is 38.3 Å². The molecule has 1 amide bonds. The minimum Gasteiger partial charge on any atom is -0.453 e. The minimum absolute atomic E-state index is 0. The number of nitrogens with two attached hydrogens (primary N) is 1. The van der Waals surface area contributed by atoms with Gasteiger partial charge in [-0.2, -0.15) is 0 Å². The van der Waals surface area contributed by atoms with Crippen LogP contribution in [0.2, 0.25) is 0 Å². The Morgan fingerprint density at radius 2 is 2.30 bits per heavy atom. The molecule has 20 heavy (non-hydrogen) atoms. The lowest BCUT2D eigenvalue weighted by atomic mass is 9.96. The molecular formula is C14H23ClN2O3. The standard InChI is InChI=1S/C14H22N2O3.ClH/c1-10(15)12-5-3-4-8-16(12)14(17)13-7-6-11(19-13)9-18-2;/h6-7,10,12H,3-5,8-9,15H2,1-2H3;1H. The molecule has 1 aliphatic rings. The molecule has 0 saturated carbocycles. The Balaban J connectivity index is 0.00000200. The van der Waals surface area contributed by atoms with Gasteiger partial charge in [0.15, 0.2) is 5.76 Å². The van der Waals surface area contributed by atoms with E-state index in [0.717, 1.165) is 25.8 Å². The molecule has 1 fully saturated rings. The summed E-state index contributed by atoms with van der Waals surface area (Å²) >= 11 is 0. The fourth-order valence-electron chi connectivity index (χ4n) is 2.61. The van der Waals surface area contributed by atoms with Gasteiger partial charge < -0.3 is 19.8 Å². The van der Waals surface area contributed by atoms with Crippen molar-refractivity contribution in [1.82, 2.24) is 4.90 Å². The number of carbonyl (C=O) groups excluding carboxylic acids is 1. The highest BCUT2D eigenvalue weighted by atomic mass is 35.5. The fourth-order valence-corrected chi connectivity index (χ4v) is 2.61. The predicted octanol–water partition coefficient (Wildman–Crippen LogP) is 2.19. The molecule has 0 spiro atoms. The highest BCUT2D eigenvalue weighted by molar-refractivity contribution is 5.91. The number of methoxy groups -OCH3 is 1. The molecule has 0 aromatic carbocycles. The van der Waals surface area contributed by atoms with E-state index >= 15 is 0 Å². The van der Waals surface area contributed by atoms with Crippen LogP contribution in [-0.2, 0) is 11.3 Å². The number of halogens is 1. The van der Waals surface area contributed by atoms with Crippen LogP contribution in [0.5, 0.6) is 0 Å². The van der Waals surface area contributed by atoms with Crippen molar-refractivity contribution in [2.75, 3.05) is 13.7 Å². The summed E-state index contributed by atoms with van der Waals surface area (Å²) in [5.41, 5.74) is 5.98. The fraction of sp³-hybridized carbons (Fsp3) is 0.643. The number of hydrogen-bond donors (Lipinski definition) is 1. The van der Waals surface area contributed by atoms with Crippen LogP contribution in [0.4, 0.5) is 0 Å². The maximum atomic E-state index is 12.5. The number of carbonyl (C=O) groups is 1. The van der Waals surface area contributed by atoms with Gasteiger partial charge in [0.1, 0.15) is 12.4 Å². The summed E-state index contributed by atoms with van der Waals surface area (Å²) in [5.74, 6) is 0.976. The van der Waals surface area contributed by atoms with E-state index < -0.39 is 0 Å². The van der Waals surface area contributed by atoms with E-state index in [2.05, 4.69) is 0 Å². The molecule has 0 aliphatic carbocycles. The van der Waals surface area contributed by atoms with E-state index in [1.54, 1.807) is 19.2 Å². The second-order valence-corrected chi connectivity index (χ2v) is 5.12. The molecule has 1 aromatic rings. The van der Waals surface area contributed by atoms with Crippen LogP contribution in [0.3, 0.4) is 0 Å². The topological polar surface area (TPSA) is 68.7 Å². The highest BCUT2D eigenvalue weighted by Gasteiger charge is 2.31. The largest absolute Gasteiger partial charge is 0.453 e. The Kier molecular flexibility index (Phi) is 6.52. The zero-order chi connectivity index (χ0) is 13.8. The van der Waals surface area contributed by atoms with E-state index in [1.807, 2.05) is 11.8 Å². The van der Waals surface area contributed by atoms with Crippen molar-refractivity contribution in [3.63, 3.8) is 0 Å². The molecule has 1 aromatic heterocycles. The monoisotopic (exact) mass is 302 g/mol. The van der Waals surface area contributed by atoms with Crippen molar-refractivity contribution in [2.45, 2.75) is 44.9 Å². The Labute approximate surface area is 125 Å². The lowest BCUT2D eigenvalue weighted by Crippen LogP contribution is -2.51. The van der Waals surface area contributed by atoms with E-state index in [4.69, 9.17) is 14.9 Å². The summed E-state index contributed by atoms with van der Waals surface area (Å²) < 4.78 is 10.5. The van der Waals surface area contributed by atoms with Crippen LogP contribution in [0.1, 0.15) is 42.5 Å². The Bertz CT molecular complexity index is 434. The van der Waals surface area contributed by atoms with Gasteiger partial charge in [0.2, 0.25) is 0 Å². The van der Waals surface area contributed by atoms with Crippen LogP contribution in [0.15, 0.2) is 16.5 Å². The van der Waals surface area contributed by atoms with E-state index in [9.17, 15) is 4.79 Å². The highest BCUT2D eigenvalue weighted by Crippen LogP contribution is 2.22. The first-order valence-electron chi connectivity index (χ1n) is 6.77. The van der Waals surface area contributed by atoms with Crippen molar-refractivity contribution in [3.05, 3.63) is 23.7 Å². The number of ether oxygens (including phenoxy) is 1. The number of furan rings is 1. The van der Waals surface area contributed by atoms with Gasteiger partial charge in [0.05, 0.1) is 0 Å². The number of likely N-dealkylation sites (tertiary alicyclic amines) is 1. The number of rotatable bonds is 4. The smallest absolute Gasteiger partial charge is 0.289 e. The molecule has 0 bridgehead atoms. The summed E-state index contributed by atoms with van der Waals surface area (Å²) in [5, 5.41) is 0. The summed E-state index contributed by atoms with van der Waals surface area (Å²) in [6.07, 6.45) is 3.12. The Morgan fingerprint density at radius 3 is 2.95 bits per heavy atom. The molecule has 6 heteroatoms. The van der Waals surface area contributed by atoms with E-state index in [-0.39, 0.29) is 30.4 Å². The van der Waals surface area contributed by atoms with Crippen molar-refractivity contribution in [1.29, 1.82) is 0 Å². The average molecular weight is 303 g/mol. The molecule has 2 atom stereocenters. The van der Waals surface area contributed by atoms with Crippen molar-refractivity contribution >= 4 is 18.3 Å². The SMILES string of the molecule is COCc1ccc(C(=O)N2CCCCC2C(C)N)o1.Cl. The van der Waals surface area contributed by atoms with Gasteiger partial charge in [-0.25, -0.2) is 0 Å². The molecule has 1 saturated heterocycles. The third-order valence-electron chi connectivity index (χ3n) is 3.58. The first kappa shape index (κ1) is 17.0. The summed E-state index contributed by atoms with van der Waals surface area (Å²) in [4.78, 5) is 14.3. The van der Waals surface area contributed by atoms with Gasteiger partial charge in [-0.3, -0.25) is 4.79 Å². The Hall–Kier alpha value is -1.04. The maximum absolute atomic E-state index is 12.5. The summed E-state index contributed by atoms with van der Waals surface area (Å²) in [6.45, 7) is 3.09. The molecule has 2 N–H and O–H groups in total. The molecular weight excluding hydrogens is 280 g/mol. The number of piperidine rings is 1. The Morgan fingerprint density at radius 1 is 1.55 bits per heavy atom. The molecule has 2 rings (SSSR count). The molecule has 2 unspecified atom stereocenters. The number of nitrogens with zero attached hydrogens (tertiary/aromatic N) is 1. The van der Waals surface area contributed by atoms with Crippen LogP contribution in [0, 0.1) is 0 Å². The lowest BCUT2D eigenvalue weighted by Gasteiger charge is -2.37. The zero-order valence-corrected chi connectivity index (χ0v) is 12.8. The number of amides is 1. The number of hydrogen-bond acceptors (Lipinski definition) is 4. The summed E-state index contributed by atoms with van der Waals surface area (Å²) in [7, 11) is 1.60. The second-order valence-electron chi connectivity index (χ2n) is 5.12. The third kappa shape index (κ3) is 3.75. The average Bonchev–Trinajstić information content (AvgIpc) is 2.87. The zero-order valence-electron chi connectivity index (χ0n) is 12.0. The van der Waals surface area contributed by atoms with Crippen LogP contribution >= 0.6 is 12.4 Å². The first-order valence-corrected chi connectivity index (χ1v) is 6.77. The van der Waals surface area contributed by atoms with Gasteiger partial charge >= 0.3 is 0 Å². The molecule has 0 radical (unpaired) electrons. The quantitative estimate of drug-likeness (QED) is 0.925. The molecule has 114 valence electrons. The normalized spacial score (nSPS) is 20.4. The maximum Gasteiger partial charge on any atom is 0.289 e. The van der Waals surface area contributed by atoms with Crippen LogP contribution in [-0.4, -0.2) is 36.5 Å². The second kappa shape index (κ2) is 7.67. The first-order chi connectivity index (χ1) is 9.13. The minimum atomic E-state index is -0.0654. The molecule has 2 heterocycles. The van der Waals surface area contributed by atoms with Gasteiger partial charge in [-0.1, -0.05) is 0 Å². The van der Waals surface area contributed by atoms with Gasteiger partial charge in [0, 0.05) is 25.7 Å².